The lowest BCUT2D eigenvalue weighted by Gasteiger charge is -2.13. The predicted molar refractivity (Wildman–Crippen MR) is 189 cm³/mol. The van der Waals surface area contributed by atoms with Crippen LogP contribution < -0.4 is 11.1 Å². The molecular formula is C34H33BrCl2F6N4O5. The predicted octanol–water partition coefficient (Wildman–Crippen LogP) is 8.57. The van der Waals surface area contributed by atoms with Crippen LogP contribution in [0.2, 0.25) is 10.0 Å². The molecule has 0 amide bonds. The normalized spacial score (nSPS) is 11.1. The molecule has 4 rings (SSSR count). The van der Waals surface area contributed by atoms with Crippen LogP contribution in [0.5, 0.6) is 0 Å². The smallest absolute Gasteiger partial charge is 0.389 e. The van der Waals surface area contributed by atoms with Crippen LogP contribution in [0.1, 0.15) is 44.3 Å². The Labute approximate surface area is 312 Å². The minimum absolute atomic E-state index is 0.0521. The molecule has 4 aromatic rings. The number of ketones is 1. The second-order valence-corrected chi connectivity index (χ2v) is 12.4. The average Bonchev–Trinajstić information content (AvgIpc) is 3.05. The Morgan fingerprint density at radius 1 is 0.808 bits per heavy atom. The van der Waals surface area contributed by atoms with E-state index in [1.165, 1.54) is 26.2 Å². The molecule has 0 fully saturated rings. The molecule has 0 atom stereocenters. The first-order chi connectivity index (χ1) is 24.3. The fraction of sp³-hybridized carbons (Fsp3) is 0.353. The van der Waals surface area contributed by atoms with Crippen molar-refractivity contribution in [2.45, 2.75) is 64.3 Å². The molecular weight excluding hydrogens is 809 g/mol. The molecule has 0 aliphatic heterocycles. The van der Waals surface area contributed by atoms with Gasteiger partial charge in [-0.15, -0.1) is 0 Å². The zero-order valence-corrected chi connectivity index (χ0v) is 30.8. The van der Waals surface area contributed by atoms with Crippen LogP contribution in [0.3, 0.4) is 0 Å². The first kappa shape index (κ1) is 44.1. The van der Waals surface area contributed by atoms with Crippen LogP contribution >= 0.6 is 39.1 Å². The van der Waals surface area contributed by atoms with Crippen LogP contribution in [0.15, 0.2) is 70.3 Å². The van der Waals surface area contributed by atoms with Crippen molar-refractivity contribution in [3.63, 3.8) is 0 Å². The molecule has 282 valence electrons. The number of carbonyl (C=O) groups is 2. The summed E-state index contributed by atoms with van der Waals surface area (Å²) < 4.78 is 78.8. The number of nitrogens with zero attached hydrogens (tertiary/aromatic N) is 3. The largest absolute Gasteiger partial charge is 0.468 e. The van der Waals surface area contributed by atoms with E-state index in [4.69, 9.17) is 23.2 Å². The Morgan fingerprint density at radius 3 is 1.71 bits per heavy atom. The number of ether oxygens (including phenoxy) is 1. The number of esters is 1. The lowest BCUT2D eigenvalue weighted by Crippen LogP contribution is -2.27. The van der Waals surface area contributed by atoms with Crippen molar-refractivity contribution >= 4 is 50.9 Å². The lowest BCUT2D eigenvalue weighted by atomic mass is 10.1. The van der Waals surface area contributed by atoms with Crippen molar-refractivity contribution in [3.05, 3.63) is 103 Å². The first-order valence-corrected chi connectivity index (χ1v) is 17.2. The number of aromatic amines is 1. The number of alkyl halides is 7. The van der Waals surface area contributed by atoms with Gasteiger partial charge in [-0.1, -0.05) is 63.4 Å². The van der Waals surface area contributed by atoms with Crippen molar-refractivity contribution in [2.75, 3.05) is 12.4 Å². The highest BCUT2D eigenvalue weighted by atomic mass is 79.9. The Morgan fingerprint density at radius 2 is 1.29 bits per heavy atom. The summed E-state index contributed by atoms with van der Waals surface area (Å²) in [5, 5.41) is 1.34. The molecule has 9 nitrogen and oxygen atoms in total. The number of aryl methyl sites for hydroxylation is 2. The number of Topliss-reactive ketones (excluding diaryl/α,β-unsaturated/α-hetero) is 1. The summed E-state index contributed by atoms with van der Waals surface area (Å²) in [4.78, 5) is 56.1. The van der Waals surface area contributed by atoms with Gasteiger partial charge in [0.05, 0.1) is 25.0 Å². The van der Waals surface area contributed by atoms with Crippen LogP contribution in [0.4, 0.5) is 26.3 Å². The van der Waals surface area contributed by atoms with Crippen molar-refractivity contribution < 1.29 is 40.7 Å². The molecule has 0 aliphatic rings. The zero-order valence-electron chi connectivity index (χ0n) is 27.7. The number of H-pyrrole nitrogens is 1. The summed E-state index contributed by atoms with van der Waals surface area (Å²) in [5.74, 6) is -0.108. The maximum absolute atomic E-state index is 12.4. The van der Waals surface area contributed by atoms with E-state index in [1.807, 2.05) is 0 Å². The monoisotopic (exact) mass is 840 g/mol. The van der Waals surface area contributed by atoms with E-state index >= 15 is 0 Å². The van der Waals surface area contributed by atoms with Gasteiger partial charge in [0, 0.05) is 59.0 Å². The minimum atomic E-state index is -4.28. The highest BCUT2D eigenvalue weighted by Gasteiger charge is 2.27. The second-order valence-electron chi connectivity index (χ2n) is 10.9. The molecule has 0 unspecified atom stereocenters. The molecule has 18 heteroatoms. The molecule has 0 aliphatic carbocycles. The maximum Gasteiger partial charge on any atom is 0.389 e. The number of rotatable bonds is 11. The average molecular weight is 842 g/mol. The lowest BCUT2D eigenvalue weighted by molar-refractivity contribution is -0.137. The van der Waals surface area contributed by atoms with E-state index in [1.54, 1.807) is 48.5 Å². The number of methoxy groups -OCH3 is 1. The summed E-state index contributed by atoms with van der Waals surface area (Å²) in [7, 11) is 1.35. The van der Waals surface area contributed by atoms with E-state index in [0.717, 1.165) is 4.57 Å². The van der Waals surface area contributed by atoms with E-state index in [2.05, 4.69) is 35.6 Å². The Hall–Kier alpha value is -4.02. The van der Waals surface area contributed by atoms with Crippen molar-refractivity contribution in [2.24, 2.45) is 0 Å². The fourth-order valence-electron chi connectivity index (χ4n) is 4.26. The summed E-state index contributed by atoms with van der Waals surface area (Å²) in [6.45, 7) is 1.09. The molecule has 0 bridgehead atoms. The van der Waals surface area contributed by atoms with Crippen molar-refractivity contribution in [1.82, 2.24) is 19.5 Å². The van der Waals surface area contributed by atoms with Crippen molar-refractivity contribution in [1.29, 1.82) is 0 Å². The van der Waals surface area contributed by atoms with E-state index in [-0.39, 0.29) is 61.0 Å². The summed E-state index contributed by atoms with van der Waals surface area (Å²) >= 11 is 14.5. The third kappa shape index (κ3) is 17.0. The van der Waals surface area contributed by atoms with E-state index in [0.29, 0.717) is 32.6 Å². The SMILES string of the molecule is CC(=O)Cn1c(CCCC(F)(F)F)nc(-c2ccc(Cl)cc2)cc1=O.COC(=O)CBr.O=c1cc(-c2ccc(Cl)cc2)nc(CCCC(F)(F)F)[nH]1. The van der Waals surface area contributed by atoms with Crippen molar-refractivity contribution in [3.8, 4) is 22.5 Å². The minimum Gasteiger partial charge on any atom is -0.468 e. The third-order valence-corrected chi connectivity index (χ3v) is 7.57. The molecule has 52 heavy (non-hydrogen) atoms. The molecule has 0 spiro atoms. The van der Waals surface area contributed by atoms with Crippen LogP contribution in [0, 0.1) is 0 Å². The van der Waals surface area contributed by atoms with Crippen LogP contribution in [-0.4, -0.2) is 56.1 Å². The topological polar surface area (TPSA) is 124 Å². The number of nitrogens with one attached hydrogen (secondary N) is 1. The highest BCUT2D eigenvalue weighted by Crippen LogP contribution is 2.24. The van der Waals surface area contributed by atoms with Gasteiger partial charge in [-0.3, -0.25) is 23.7 Å². The van der Waals surface area contributed by atoms with Crippen LogP contribution in [0.25, 0.3) is 22.5 Å². The number of hydrogen-bond donors (Lipinski definition) is 1. The standard InChI is InChI=1S/C17H16ClF3N2O2.C14H12ClF3N2O.C3H5BrO2/c1-11(24)10-23-15(3-2-8-17(19,20)21)22-14(9-16(23)25)12-4-6-13(18)7-5-12;15-10-5-3-9(4-6-10)11-8-13(21)20-12(19-11)2-1-7-14(16,17)18;1-6-3(5)2-4/h4-7,9H,2-3,8,10H2,1H3;3-6,8H,1-2,7H2,(H,19,20,21);2H2,1H3. The molecule has 2 aromatic carbocycles. The summed E-state index contributed by atoms with van der Waals surface area (Å²) in [6.07, 6.45) is -10.7. The maximum atomic E-state index is 12.4. The quantitative estimate of drug-likeness (QED) is 0.0912. The van der Waals surface area contributed by atoms with Gasteiger partial charge in [-0.05, 0) is 44.0 Å². The van der Waals surface area contributed by atoms with Crippen LogP contribution in [-0.2, 0) is 33.7 Å². The number of carbonyl (C=O) groups excluding carboxylic acids is 2. The third-order valence-electron chi connectivity index (χ3n) is 6.61. The van der Waals surface area contributed by atoms with E-state index in [9.17, 15) is 45.5 Å². The number of hydrogen-bond acceptors (Lipinski definition) is 7. The summed E-state index contributed by atoms with van der Waals surface area (Å²) in [6, 6.07) is 15.9. The Bertz CT molecular complexity index is 1880. The number of aromatic nitrogens is 4. The number of halogens is 9. The summed E-state index contributed by atoms with van der Waals surface area (Å²) in [5.41, 5.74) is 1.19. The first-order valence-electron chi connectivity index (χ1n) is 15.3. The number of benzene rings is 2. The molecule has 0 saturated carbocycles. The van der Waals surface area contributed by atoms with E-state index < -0.39 is 36.3 Å². The van der Waals surface area contributed by atoms with Gasteiger partial charge in [0.15, 0.2) is 0 Å². The second kappa shape index (κ2) is 20.9. The van der Waals surface area contributed by atoms with Gasteiger partial charge in [-0.25, -0.2) is 9.97 Å². The Balaban J connectivity index is 0.000000315. The van der Waals surface area contributed by atoms with Gasteiger partial charge in [0.1, 0.15) is 22.8 Å². The molecule has 1 N–H and O–H groups in total. The van der Waals surface area contributed by atoms with Gasteiger partial charge < -0.3 is 9.72 Å². The Kier molecular flexibility index (Phi) is 17.7. The molecule has 2 aromatic heterocycles. The molecule has 2 heterocycles. The van der Waals surface area contributed by atoms with Gasteiger partial charge in [0.25, 0.3) is 11.1 Å². The zero-order chi connectivity index (χ0) is 39.1. The highest BCUT2D eigenvalue weighted by molar-refractivity contribution is 9.09. The fourth-order valence-corrected chi connectivity index (χ4v) is 4.74. The molecule has 0 saturated heterocycles. The van der Waals surface area contributed by atoms with Gasteiger partial charge in [-0.2, -0.15) is 26.3 Å². The van der Waals surface area contributed by atoms with Gasteiger partial charge in [0.2, 0.25) is 0 Å². The van der Waals surface area contributed by atoms with Gasteiger partial charge >= 0.3 is 18.3 Å². The molecule has 0 radical (unpaired) electrons.